The summed E-state index contributed by atoms with van der Waals surface area (Å²) >= 11 is 0. The molecule has 1 fully saturated rings. The first-order chi connectivity index (χ1) is 8.19. The van der Waals surface area contributed by atoms with Crippen LogP contribution in [-0.4, -0.2) is 26.1 Å². The van der Waals surface area contributed by atoms with Gasteiger partial charge in [-0.25, -0.2) is 0 Å². The number of benzene rings is 1. The molecule has 1 aliphatic heterocycles. The second-order valence-corrected chi connectivity index (χ2v) is 4.48. The van der Waals surface area contributed by atoms with Gasteiger partial charge in [-0.05, 0) is 37.5 Å². The van der Waals surface area contributed by atoms with Crippen molar-refractivity contribution in [1.29, 1.82) is 0 Å². The number of ketones is 1. The standard InChI is InChI=1S/C14H18O3/c1-11(15)14(7-9-17-10-8-14)12-3-5-13(16-2)6-4-12/h3-6H,7-10H2,1-2H3. The van der Waals surface area contributed by atoms with Crippen LogP contribution >= 0.6 is 0 Å². The molecule has 0 radical (unpaired) electrons. The molecule has 1 aliphatic rings. The SMILES string of the molecule is COc1ccc(C2(C(C)=O)CCOCC2)cc1. The third-order valence-electron chi connectivity index (χ3n) is 3.66. The molecule has 0 atom stereocenters. The number of carbonyl (C=O) groups is 1. The maximum atomic E-state index is 12.0. The molecule has 0 saturated carbocycles. The quantitative estimate of drug-likeness (QED) is 0.805. The molecule has 0 aromatic heterocycles. The predicted molar refractivity (Wildman–Crippen MR) is 65.4 cm³/mol. The maximum absolute atomic E-state index is 12.0. The van der Waals surface area contributed by atoms with Gasteiger partial charge in [0.1, 0.15) is 11.5 Å². The summed E-state index contributed by atoms with van der Waals surface area (Å²) in [7, 11) is 1.64. The van der Waals surface area contributed by atoms with Crippen LogP contribution < -0.4 is 4.74 Å². The van der Waals surface area contributed by atoms with E-state index in [0.717, 1.165) is 24.2 Å². The van der Waals surface area contributed by atoms with E-state index in [1.165, 1.54) is 0 Å². The van der Waals surface area contributed by atoms with E-state index in [2.05, 4.69) is 0 Å². The normalized spacial score (nSPS) is 18.7. The number of ether oxygens (including phenoxy) is 2. The van der Waals surface area contributed by atoms with Crippen molar-refractivity contribution in [3.63, 3.8) is 0 Å². The molecule has 92 valence electrons. The molecular formula is C14H18O3. The van der Waals surface area contributed by atoms with Crippen molar-refractivity contribution >= 4 is 5.78 Å². The topological polar surface area (TPSA) is 35.5 Å². The van der Waals surface area contributed by atoms with Crippen LogP contribution in [0.3, 0.4) is 0 Å². The summed E-state index contributed by atoms with van der Waals surface area (Å²) in [6, 6.07) is 7.81. The zero-order chi connectivity index (χ0) is 12.3. The van der Waals surface area contributed by atoms with E-state index >= 15 is 0 Å². The molecule has 1 saturated heterocycles. The molecule has 1 aromatic carbocycles. The van der Waals surface area contributed by atoms with Crippen LogP contribution in [0.25, 0.3) is 0 Å². The number of carbonyl (C=O) groups excluding carboxylic acids is 1. The number of methoxy groups -OCH3 is 1. The summed E-state index contributed by atoms with van der Waals surface area (Å²) in [5.74, 6) is 1.05. The third kappa shape index (κ3) is 2.20. The fourth-order valence-corrected chi connectivity index (χ4v) is 2.47. The Hall–Kier alpha value is -1.35. The van der Waals surface area contributed by atoms with Gasteiger partial charge in [-0.15, -0.1) is 0 Å². The third-order valence-corrected chi connectivity index (χ3v) is 3.66. The summed E-state index contributed by atoms with van der Waals surface area (Å²) in [4.78, 5) is 12.0. The number of Topliss-reactive ketones (excluding diaryl/α,β-unsaturated/α-hetero) is 1. The van der Waals surface area contributed by atoms with Crippen LogP contribution in [0.2, 0.25) is 0 Å². The van der Waals surface area contributed by atoms with Gasteiger partial charge in [0.2, 0.25) is 0 Å². The first-order valence-corrected chi connectivity index (χ1v) is 5.92. The predicted octanol–water partition coefficient (Wildman–Crippen LogP) is 2.33. The lowest BCUT2D eigenvalue weighted by molar-refractivity contribution is -0.126. The van der Waals surface area contributed by atoms with Crippen molar-refractivity contribution < 1.29 is 14.3 Å². The Bertz CT molecular complexity index is 388. The Labute approximate surface area is 102 Å². The van der Waals surface area contributed by atoms with Crippen molar-refractivity contribution in [1.82, 2.24) is 0 Å². The molecule has 0 bridgehead atoms. The van der Waals surface area contributed by atoms with Crippen molar-refractivity contribution in [2.24, 2.45) is 0 Å². The van der Waals surface area contributed by atoms with Crippen LogP contribution in [0.1, 0.15) is 25.3 Å². The van der Waals surface area contributed by atoms with Crippen LogP contribution in [0.5, 0.6) is 5.75 Å². The average molecular weight is 234 g/mol. The molecule has 17 heavy (non-hydrogen) atoms. The lowest BCUT2D eigenvalue weighted by Gasteiger charge is -2.35. The van der Waals surface area contributed by atoms with Gasteiger partial charge >= 0.3 is 0 Å². The van der Waals surface area contributed by atoms with Crippen molar-refractivity contribution in [3.05, 3.63) is 29.8 Å². The van der Waals surface area contributed by atoms with Gasteiger partial charge < -0.3 is 9.47 Å². The molecule has 0 spiro atoms. The van der Waals surface area contributed by atoms with E-state index < -0.39 is 0 Å². The summed E-state index contributed by atoms with van der Waals surface area (Å²) in [5.41, 5.74) is 0.721. The second-order valence-electron chi connectivity index (χ2n) is 4.48. The Kier molecular flexibility index (Phi) is 3.48. The van der Waals surface area contributed by atoms with Gasteiger partial charge in [-0.2, -0.15) is 0 Å². The van der Waals surface area contributed by atoms with E-state index in [1.54, 1.807) is 14.0 Å². The molecule has 0 N–H and O–H groups in total. The van der Waals surface area contributed by atoms with E-state index in [0.29, 0.717) is 13.2 Å². The van der Waals surface area contributed by atoms with Gasteiger partial charge in [0, 0.05) is 13.2 Å². The largest absolute Gasteiger partial charge is 0.497 e. The zero-order valence-corrected chi connectivity index (χ0v) is 10.4. The summed E-state index contributed by atoms with van der Waals surface area (Å²) in [6.45, 7) is 2.99. The highest BCUT2D eigenvalue weighted by molar-refractivity contribution is 5.88. The van der Waals surface area contributed by atoms with Crippen molar-refractivity contribution in [3.8, 4) is 5.75 Å². The Morgan fingerprint density at radius 2 is 1.82 bits per heavy atom. The first-order valence-electron chi connectivity index (χ1n) is 5.92. The highest BCUT2D eigenvalue weighted by Crippen LogP contribution is 2.36. The summed E-state index contributed by atoms with van der Waals surface area (Å²) in [6.07, 6.45) is 1.54. The molecule has 3 heteroatoms. The van der Waals surface area contributed by atoms with Gasteiger partial charge in [-0.1, -0.05) is 12.1 Å². The molecular weight excluding hydrogens is 216 g/mol. The van der Waals surface area contributed by atoms with E-state index in [-0.39, 0.29) is 11.2 Å². The Morgan fingerprint density at radius 3 is 2.29 bits per heavy atom. The first kappa shape index (κ1) is 12.1. The highest BCUT2D eigenvalue weighted by atomic mass is 16.5. The number of rotatable bonds is 3. The van der Waals surface area contributed by atoms with Crippen LogP contribution in [-0.2, 0) is 14.9 Å². The lowest BCUT2D eigenvalue weighted by Crippen LogP contribution is -2.40. The summed E-state index contributed by atoms with van der Waals surface area (Å²) < 4.78 is 10.5. The minimum absolute atomic E-state index is 0.228. The zero-order valence-electron chi connectivity index (χ0n) is 10.4. The van der Waals surface area contributed by atoms with Crippen LogP contribution in [0.15, 0.2) is 24.3 Å². The van der Waals surface area contributed by atoms with Gasteiger partial charge in [0.05, 0.1) is 12.5 Å². The van der Waals surface area contributed by atoms with Crippen molar-refractivity contribution in [2.45, 2.75) is 25.2 Å². The number of hydrogen-bond acceptors (Lipinski definition) is 3. The highest BCUT2D eigenvalue weighted by Gasteiger charge is 2.38. The van der Waals surface area contributed by atoms with Crippen molar-refractivity contribution in [2.75, 3.05) is 20.3 Å². The molecule has 1 aromatic rings. The Morgan fingerprint density at radius 1 is 1.24 bits per heavy atom. The second kappa shape index (κ2) is 4.88. The molecule has 0 aliphatic carbocycles. The van der Waals surface area contributed by atoms with Gasteiger partial charge in [-0.3, -0.25) is 4.79 Å². The average Bonchev–Trinajstić information content (AvgIpc) is 2.39. The molecule has 1 heterocycles. The minimum atomic E-state index is -0.357. The maximum Gasteiger partial charge on any atom is 0.140 e. The molecule has 3 nitrogen and oxygen atoms in total. The van der Waals surface area contributed by atoms with Crippen LogP contribution in [0.4, 0.5) is 0 Å². The molecule has 0 amide bonds. The van der Waals surface area contributed by atoms with E-state index in [4.69, 9.17) is 9.47 Å². The molecule has 2 rings (SSSR count). The van der Waals surface area contributed by atoms with Gasteiger partial charge in [0.25, 0.3) is 0 Å². The number of hydrogen-bond donors (Lipinski definition) is 0. The fraction of sp³-hybridized carbons (Fsp3) is 0.500. The minimum Gasteiger partial charge on any atom is -0.497 e. The van der Waals surface area contributed by atoms with E-state index in [9.17, 15) is 4.79 Å². The Balaban J connectivity index is 2.34. The van der Waals surface area contributed by atoms with Crippen LogP contribution in [0, 0.1) is 0 Å². The summed E-state index contributed by atoms with van der Waals surface area (Å²) in [5, 5.41) is 0. The molecule has 0 unspecified atom stereocenters. The monoisotopic (exact) mass is 234 g/mol. The fourth-order valence-electron chi connectivity index (χ4n) is 2.47. The lowest BCUT2D eigenvalue weighted by atomic mass is 9.71. The van der Waals surface area contributed by atoms with Gasteiger partial charge in [0.15, 0.2) is 0 Å². The van der Waals surface area contributed by atoms with E-state index in [1.807, 2.05) is 24.3 Å². The smallest absolute Gasteiger partial charge is 0.140 e.